The van der Waals surface area contributed by atoms with Gasteiger partial charge in [0.25, 0.3) is 0 Å². The molecule has 0 aromatic heterocycles. The first-order valence-electron chi connectivity index (χ1n) is 5.88. The second-order valence-electron chi connectivity index (χ2n) is 4.36. The summed E-state index contributed by atoms with van der Waals surface area (Å²) < 4.78 is 0. The quantitative estimate of drug-likeness (QED) is 0.319. The largest absolute Gasteiger partial charge is 0.409 e. The molecule has 1 atom stereocenters. The Labute approximate surface area is 113 Å². The smallest absolute Gasteiger partial charge is 0.170 e. The summed E-state index contributed by atoms with van der Waals surface area (Å²) in [5.41, 5.74) is 8.68. The number of rotatable bonds is 6. The van der Waals surface area contributed by atoms with Crippen molar-refractivity contribution in [3.8, 4) is 0 Å². The minimum absolute atomic E-state index is 0.147. The van der Waals surface area contributed by atoms with Gasteiger partial charge in [0.15, 0.2) is 5.84 Å². The Morgan fingerprint density at radius 1 is 1.56 bits per heavy atom. The lowest BCUT2D eigenvalue weighted by Crippen LogP contribution is -2.27. The van der Waals surface area contributed by atoms with Crippen molar-refractivity contribution in [3.05, 3.63) is 34.9 Å². The van der Waals surface area contributed by atoms with E-state index in [1.165, 1.54) is 5.56 Å². The van der Waals surface area contributed by atoms with Crippen molar-refractivity contribution in [2.24, 2.45) is 10.9 Å². The first kappa shape index (κ1) is 14.9. The van der Waals surface area contributed by atoms with Crippen LogP contribution in [-0.2, 0) is 6.54 Å². The standard InChI is InChI=1S/C13H21N3OS/c1-9-6-11(13(14)16-17)4-5-12(9)7-15-10(2)8-18-3/h4-6,10,15,17H,7-8H2,1-3H3,(H2,14,16). The van der Waals surface area contributed by atoms with Gasteiger partial charge >= 0.3 is 0 Å². The molecule has 0 aliphatic carbocycles. The first-order chi connectivity index (χ1) is 8.58. The van der Waals surface area contributed by atoms with Crippen molar-refractivity contribution in [2.45, 2.75) is 26.4 Å². The number of aryl methyl sites for hydroxylation is 1. The van der Waals surface area contributed by atoms with Crippen molar-refractivity contribution in [3.63, 3.8) is 0 Å². The molecule has 0 fully saturated rings. The van der Waals surface area contributed by atoms with Crippen LogP contribution in [0.25, 0.3) is 0 Å². The van der Waals surface area contributed by atoms with E-state index in [0.717, 1.165) is 23.4 Å². The Kier molecular flexibility index (Phi) is 6.01. The molecule has 0 saturated heterocycles. The highest BCUT2D eigenvalue weighted by molar-refractivity contribution is 7.98. The first-order valence-corrected chi connectivity index (χ1v) is 7.27. The number of nitrogens with two attached hydrogens (primary N) is 1. The number of nitrogens with one attached hydrogen (secondary N) is 1. The molecule has 4 N–H and O–H groups in total. The third-order valence-electron chi connectivity index (χ3n) is 2.80. The second kappa shape index (κ2) is 7.28. The Balaban J connectivity index is 2.68. The molecule has 100 valence electrons. The molecular weight excluding hydrogens is 246 g/mol. The van der Waals surface area contributed by atoms with Gasteiger partial charge in [-0.3, -0.25) is 0 Å². The van der Waals surface area contributed by atoms with E-state index in [9.17, 15) is 0 Å². The van der Waals surface area contributed by atoms with E-state index < -0.39 is 0 Å². The number of thioether (sulfide) groups is 1. The van der Waals surface area contributed by atoms with Gasteiger partial charge in [0.05, 0.1) is 0 Å². The fourth-order valence-corrected chi connectivity index (χ4v) is 2.32. The molecule has 1 aromatic carbocycles. The second-order valence-corrected chi connectivity index (χ2v) is 5.27. The van der Waals surface area contributed by atoms with E-state index in [0.29, 0.717) is 6.04 Å². The van der Waals surface area contributed by atoms with E-state index >= 15 is 0 Å². The van der Waals surface area contributed by atoms with Gasteiger partial charge in [0, 0.05) is 23.9 Å². The molecule has 0 saturated carbocycles. The zero-order chi connectivity index (χ0) is 13.5. The van der Waals surface area contributed by atoms with Crippen LogP contribution in [-0.4, -0.2) is 29.1 Å². The van der Waals surface area contributed by atoms with Crippen LogP contribution in [0.4, 0.5) is 0 Å². The summed E-state index contributed by atoms with van der Waals surface area (Å²) in [7, 11) is 0. The predicted molar refractivity (Wildman–Crippen MR) is 78.4 cm³/mol. The Bertz CT molecular complexity index is 421. The summed E-state index contributed by atoms with van der Waals surface area (Å²) in [5.74, 6) is 1.25. The number of oxime groups is 1. The van der Waals surface area contributed by atoms with Gasteiger partial charge in [-0.25, -0.2) is 0 Å². The van der Waals surface area contributed by atoms with E-state index in [4.69, 9.17) is 10.9 Å². The lowest BCUT2D eigenvalue weighted by molar-refractivity contribution is 0.318. The Morgan fingerprint density at radius 3 is 2.83 bits per heavy atom. The summed E-state index contributed by atoms with van der Waals surface area (Å²) in [6, 6.07) is 6.31. The molecular formula is C13H21N3OS. The zero-order valence-electron chi connectivity index (χ0n) is 11.1. The van der Waals surface area contributed by atoms with Crippen molar-refractivity contribution in [1.82, 2.24) is 5.32 Å². The molecule has 0 aliphatic rings. The molecule has 0 heterocycles. The molecule has 4 nitrogen and oxygen atoms in total. The monoisotopic (exact) mass is 267 g/mol. The Hall–Kier alpha value is -1.20. The molecule has 0 spiro atoms. The minimum Gasteiger partial charge on any atom is -0.409 e. The lowest BCUT2D eigenvalue weighted by Gasteiger charge is -2.14. The van der Waals surface area contributed by atoms with Crippen LogP contribution in [0.2, 0.25) is 0 Å². The highest BCUT2D eigenvalue weighted by Gasteiger charge is 2.05. The van der Waals surface area contributed by atoms with Gasteiger partial charge in [-0.2, -0.15) is 11.8 Å². The van der Waals surface area contributed by atoms with Crippen LogP contribution in [0.1, 0.15) is 23.6 Å². The summed E-state index contributed by atoms with van der Waals surface area (Å²) in [6.45, 7) is 5.05. The summed E-state index contributed by atoms with van der Waals surface area (Å²) in [4.78, 5) is 0. The van der Waals surface area contributed by atoms with Crippen molar-refractivity contribution < 1.29 is 5.21 Å². The average Bonchev–Trinajstić information content (AvgIpc) is 2.36. The third kappa shape index (κ3) is 4.23. The molecule has 0 radical (unpaired) electrons. The highest BCUT2D eigenvalue weighted by Crippen LogP contribution is 2.11. The van der Waals surface area contributed by atoms with Gasteiger partial charge in [-0.1, -0.05) is 17.3 Å². The van der Waals surface area contributed by atoms with Gasteiger partial charge in [0.2, 0.25) is 0 Å². The van der Waals surface area contributed by atoms with Gasteiger partial charge in [-0.05, 0) is 37.3 Å². The lowest BCUT2D eigenvalue weighted by atomic mass is 10.0. The van der Waals surface area contributed by atoms with Crippen molar-refractivity contribution in [2.75, 3.05) is 12.0 Å². The van der Waals surface area contributed by atoms with Crippen molar-refractivity contribution >= 4 is 17.6 Å². The van der Waals surface area contributed by atoms with Gasteiger partial charge in [-0.15, -0.1) is 0 Å². The van der Waals surface area contributed by atoms with Gasteiger partial charge < -0.3 is 16.3 Å². The van der Waals surface area contributed by atoms with Crippen LogP contribution >= 0.6 is 11.8 Å². The fourth-order valence-electron chi connectivity index (χ4n) is 1.70. The SMILES string of the molecule is CSCC(C)NCc1ccc(/C(N)=N/O)cc1C. The molecule has 0 bridgehead atoms. The third-order valence-corrected chi connectivity index (χ3v) is 3.64. The number of hydrogen-bond acceptors (Lipinski definition) is 4. The summed E-state index contributed by atoms with van der Waals surface area (Å²) in [5, 5.41) is 15.1. The number of benzene rings is 1. The van der Waals surface area contributed by atoms with Crippen LogP contribution in [0.15, 0.2) is 23.4 Å². The normalized spacial score (nSPS) is 13.6. The van der Waals surface area contributed by atoms with E-state index in [1.54, 1.807) is 0 Å². The minimum atomic E-state index is 0.147. The Morgan fingerprint density at radius 2 is 2.28 bits per heavy atom. The zero-order valence-corrected chi connectivity index (χ0v) is 11.9. The summed E-state index contributed by atoms with van der Waals surface area (Å²) in [6.07, 6.45) is 2.11. The predicted octanol–water partition coefficient (Wildman–Crippen LogP) is 1.93. The average molecular weight is 267 g/mol. The molecule has 1 rings (SSSR count). The maximum absolute atomic E-state index is 8.63. The molecule has 0 amide bonds. The molecule has 5 heteroatoms. The molecule has 1 unspecified atom stereocenters. The number of amidine groups is 1. The van der Waals surface area contributed by atoms with Crippen LogP contribution < -0.4 is 11.1 Å². The maximum atomic E-state index is 8.63. The molecule has 18 heavy (non-hydrogen) atoms. The van der Waals surface area contributed by atoms with E-state index in [-0.39, 0.29) is 5.84 Å². The number of hydrogen-bond donors (Lipinski definition) is 3. The molecule has 1 aromatic rings. The fraction of sp³-hybridized carbons (Fsp3) is 0.462. The van der Waals surface area contributed by atoms with Crippen LogP contribution in [0, 0.1) is 6.92 Å². The van der Waals surface area contributed by atoms with Crippen molar-refractivity contribution in [1.29, 1.82) is 0 Å². The topological polar surface area (TPSA) is 70.6 Å². The summed E-state index contributed by atoms with van der Waals surface area (Å²) >= 11 is 1.84. The maximum Gasteiger partial charge on any atom is 0.170 e. The molecule has 0 aliphatic heterocycles. The number of nitrogens with zero attached hydrogens (tertiary/aromatic N) is 1. The van der Waals surface area contributed by atoms with Crippen LogP contribution in [0.5, 0.6) is 0 Å². The van der Waals surface area contributed by atoms with Crippen LogP contribution in [0.3, 0.4) is 0 Å². The highest BCUT2D eigenvalue weighted by atomic mass is 32.2. The van der Waals surface area contributed by atoms with E-state index in [1.807, 2.05) is 36.9 Å². The van der Waals surface area contributed by atoms with E-state index in [2.05, 4.69) is 23.7 Å². The van der Waals surface area contributed by atoms with Gasteiger partial charge in [0.1, 0.15) is 0 Å².